The standard InChI is InChI=1S/C15H17F3N2/c1-14-8-5-9-20(14)19(11-15(16,17)18)13(10-14)12-6-3-2-4-7-12/h2-4,6-7,10H,5,8-9,11H2,1H3. The Hall–Kier alpha value is -1.49. The fourth-order valence-corrected chi connectivity index (χ4v) is 3.20. The highest BCUT2D eigenvalue weighted by molar-refractivity contribution is 5.67. The molecule has 0 saturated carbocycles. The summed E-state index contributed by atoms with van der Waals surface area (Å²) in [5.74, 6) is 0. The smallest absolute Gasteiger partial charge is 0.296 e. The van der Waals surface area contributed by atoms with Crippen molar-refractivity contribution in [3.05, 3.63) is 42.0 Å². The molecule has 1 unspecified atom stereocenters. The molecule has 2 nitrogen and oxygen atoms in total. The Morgan fingerprint density at radius 1 is 1.20 bits per heavy atom. The second-order valence-corrected chi connectivity index (χ2v) is 5.65. The molecular formula is C15H17F3N2. The van der Waals surface area contributed by atoms with E-state index in [2.05, 4.69) is 0 Å². The Labute approximate surface area is 116 Å². The van der Waals surface area contributed by atoms with Crippen molar-refractivity contribution in [2.45, 2.75) is 31.5 Å². The molecule has 20 heavy (non-hydrogen) atoms. The molecule has 0 spiro atoms. The number of rotatable bonds is 2. The summed E-state index contributed by atoms with van der Waals surface area (Å²) < 4.78 is 38.6. The van der Waals surface area contributed by atoms with Crippen LogP contribution in [0.1, 0.15) is 25.3 Å². The van der Waals surface area contributed by atoms with Crippen LogP contribution in [-0.4, -0.2) is 34.8 Å². The van der Waals surface area contributed by atoms with Crippen LogP contribution >= 0.6 is 0 Å². The van der Waals surface area contributed by atoms with Crippen LogP contribution in [0.3, 0.4) is 0 Å². The second-order valence-electron chi connectivity index (χ2n) is 5.65. The number of fused-ring (bicyclic) bond motifs is 1. The topological polar surface area (TPSA) is 6.48 Å². The van der Waals surface area contributed by atoms with Gasteiger partial charge in [0.15, 0.2) is 0 Å². The van der Waals surface area contributed by atoms with Crippen molar-refractivity contribution >= 4 is 5.70 Å². The fourth-order valence-electron chi connectivity index (χ4n) is 3.20. The Bertz CT molecular complexity index is 524. The Morgan fingerprint density at radius 2 is 1.90 bits per heavy atom. The van der Waals surface area contributed by atoms with Crippen LogP contribution < -0.4 is 0 Å². The van der Waals surface area contributed by atoms with Gasteiger partial charge in [0.05, 0.1) is 11.2 Å². The van der Waals surface area contributed by atoms with Gasteiger partial charge in [-0.05, 0) is 31.4 Å². The van der Waals surface area contributed by atoms with Crippen molar-refractivity contribution in [2.24, 2.45) is 0 Å². The van der Waals surface area contributed by atoms with E-state index in [1.54, 1.807) is 0 Å². The first-order chi connectivity index (χ1) is 9.39. The van der Waals surface area contributed by atoms with Crippen molar-refractivity contribution < 1.29 is 13.2 Å². The lowest BCUT2D eigenvalue weighted by atomic mass is 9.98. The zero-order chi connectivity index (χ0) is 14.4. The molecule has 0 N–H and O–H groups in total. The molecule has 0 amide bonds. The lowest BCUT2D eigenvalue weighted by Crippen LogP contribution is -2.48. The normalized spacial score (nSPS) is 26.8. The molecule has 1 aromatic rings. The Kier molecular flexibility index (Phi) is 3.05. The van der Waals surface area contributed by atoms with Crippen molar-refractivity contribution in [3.63, 3.8) is 0 Å². The van der Waals surface area contributed by atoms with Gasteiger partial charge < -0.3 is 0 Å². The van der Waals surface area contributed by atoms with Gasteiger partial charge in [-0.15, -0.1) is 0 Å². The van der Waals surface area contributed by atoms with Gasteiger partial charge in [-0.1, -0.05) is 30.3 Å². The number of hydrazine groups is 1. The quantitative estimate of drug-likeness (QED) is 0.816. The average Bonchev–Trinajstić information content (AvgIpc) is 2.86. The third kappa shape index (κ3) is 2.30. The summed E-state index contributed by atoms with van der Waals surface area (Å²) >= 11 is 0. The van der Waals surface area contributed by atoms with Crippen LogP contribution in [0.25, 0.3) is 5.70 Å². The molecule has 0 aromatic heterocycles. The summed E-state index contributed by atoms with van der Waals surface area (Å²) in [6, 6.07) is 9.30. The lowest BCUT2D eigenvalue weighted by Gasteiger charge is -2.36. The predicted molar refractivity (Wildman–Crippen MR) is 71.5 cm³/mol. The van der Waals surface area contributed by atoms with Crippen LogP contribution in [0.15, 0.2) is 36.4 Å². The maximum atomic E-state index is 12.9. The van der Waals surface area contributed by atoms with Crippen LogP contribution in [0.2, 0.25) is 0 Å². The molecule has 1 fully saturated rings. The van der Waals surface area contributed by atoms with Gasteiger partial charge in [0.25, 0.3) is 0 Å². The third-order valence-electron chi connectivity index (χ3n) is 4.06. The lowest BCUT2D eigenvalue weighted by molar-refractivity contribution is -0.167. The highest BCUT2D eigenvalue weighted by Gasteiger charge is 2.48. The predicted octanol–water partition coefficient (Wildman–Crippen LogP) is 3.67. The SMILES string of the molecule is CC12C=C(c3ccccc3)N(CC(F)(F)F)N1CCC2. The first-order valence-corrected chi connectivity index (χ1v) is 6.79. The maximum Gasteiger partial charge on any atom is 0.407 e. The van der Waals surface area contributed by atoms with Gasteiger partial charge >= 0.3 is 6.18 Å². The highest BCUT2D eigenvalue weighted by Crippen LogP contribution is 2.44. The van der Waals surface area contributed by atoms with Gasteiger partial charge in [0.1, 0.15) is 6.54 Å². The Morgan fingerprint density at radius 3 is 2.55 bits per heavy atom. The van der Waals surface area contributed by atoms with Crippen LogP contribution in [0, 0.1) is 0 Å². The molecule has 0 radical (unpaired) electrons. The minimum Gasteiger partial charge on any atom is -0.296 e. The van der Waals surface area contributed by atoms with Crippen LogP contribution in [0.4, 0.5) is 13.2 Å². The largest absolute Gasteiger partial charge is 0.407 e. The average molecular weight is 282 g/mol. The summed E-state index contributed by atoms with van der Waals surface area (Å²) in [4.78, 5) is 0. The molecule has 2 aliphatic rings. The molecule has 1 atom stereocenters. The number of alkyl halides is 3. The van der Waals surface area contributed by atoms with Crippen molar-refractivity contribution in [1.29, 1.82) is 0 Å². The van der Waals surface area contributed by atoms with Gasteiger partial charge in [-0.2, -0.15) is 13.2 Å². The number of benzene rings is 1. The summed E-state index contributed by atoms with van der Waals surface area (Å²) in [6.07, 6.45) is -0.385. The van der Waals surface area contributed by atoms with E-state index >= 15 is 0 Å². The number of halogens is 3. The van der Waals surface area contributed by atoms with Crippen molar-refractivity contribution in [3.8, 4) is 0 Å². The Balaban J connectivity index is 1.99. The molecule has 2 heterocycles. The number of hydrogen-bond acceptors (Lipinski definition) is 2. The molecule has 3 rings (SSSR count). The van der Waals surface area contributed by atoms with E-state index in [4.69, 9.17) is 0 Å². The summed E-state index contributed by atoms with van der Waals surface area (Å²) in [7, 11) is 0. The molecule has 1 aromatic carbocycles. The molecular weight excluding hydrogens is 265 g/mol. The van der Waals surface area contributed by atoms with Crippen LogP contribution in [0.5, 0.6) is 0 Å². The monoisotopic (exact) mass is 282 g/mol. The first kappa shape index (κ1) is 13.5. The van der Waals surface area contributed by atoms with E-state index in [1.165, 1.54) is 5.01 Å². The zero-order valence-corrected chi connectivity index (χ0v) is 11.3. The minimum atomic E-state index is -4.21. The van der Waals surface area contributed by atoms with Crippen LogP contribution in [-0.2, 0) is 0 Å². The van der Waals surface area contributed by atoms with E-state index in [0.29, 0.717) is 12.2 Å². The van der Waals surface area contributed by atoms with E-state index < -0.39 is 12.7 Å². The van der Waals surface area contributed by atoms with Gasteiger partial charge in [-0.25, -0.2) is 5.01 Å². The molecule has 108 valence electrons. The van der Waals surface area contributed by atoms with E-state index in [0.717, 1.165) is 18.4 Å². The molecule has 2 aliphatic heterocycles. The van der Waals surface area contributed by atoms with E-state index in [1.807, 2.05) is 48.3 Å². The van der Waals surface area contributed by atoms with E-state index in [9.17, 15) is 13.2 Å². The minimum absolute atomic E-state index is 0.281. The summed E-state index contributed by atoms with van der Waals surface area (Å²) in [5.41, 5.74) is 1.23. The van der Waals surface area contributed by atoms with Crippen molar-refractivity contribution in [2.75, 3.05) is 13.1 Å². The molecule has 5 heteroatoms. The fraction of sp³-hybridized carbons (Fsp3) is 0.467. The zero-order valence-electron chi connectivity index (χ0n) is 11.3. The van der Waals surface area contributed by atoms with E-state index in [-0.39, 0.29) is 5.54 Å². The van der Waals surface area contributed by atoms with Crippen molar-refractivity contribution in [1.82, 2.24) is 10.0 Å². The molecule has 1 saturated heterocycles. The van der Waals surface area contributed by atoms with Gasteiger partial charge in [0.2, 0.25) is 0 Å². The molecule has 0 aliphatic carbocycles. The second kappa shape index (κ2) is 4.52. The maximum absolute atomic E-state index is 12.9. The van der Waals surface area contributed by atoms with Gasteiger partial charge in [0, 0.05) is 6.54 Å². The van der Waals surface area contributed by atoms with Gasteiger partial charge in [-0.3, -0.25) is 5.01 Å². The summed E-state index contributed by atoms with van der Waals surface area (Å²) in [6.45, 7) is 1.77. The number of hydrogen-bond donors (Lipinski definition) is 0. The number of nitrogens with zero attached hydrogens (tertiary/aromatic N) is 2. The third-order valence-corrected chi connectivity index (χ3v) is 4.06. The first-order valence-electron chi connectivity index (χ1n) is 6.79. The highest BCUT2D eigenvalue weighted by atomic mass is 19.4. The molecule has 0 bridgehead atoms. The summed E-state index contributed by atoms with van der Waals surface area (Å²) in [5, 5.41) is 3.27.